The fraction of sp³-hybridized carbons (Fsp3) is 0.421. The molecule has 4 N–H and O–H groups in total. The molecule has 4 fully saturated rings. The Morgan fingerprint density at radius 3 is 2.58 bits per heavy atom. The SMILES string of the molecule is CCc1ccc(C2OC3C=C(c4cnc(C5CC6CC6N5)[nH]4)C=C(F)C3c3cc4cc(-c5cnc(C6CC7C(C)C7N6)[nH]5)ccc4n32)s1. The largest absolute Gasteiger partial charge is 0.344 e. The molecule has 7 heterocycles. The lowest BCUT2D eigenvalue weighted by atomic mass is 9.87. The van der Waals surface area contributed by atoms with E-state index in [4.69, 9.17) is 14.7 Å². The van der Waals surface area contributed by atoms with Crippen LogP contribution in [0.25, 0.3) is 27.7 Å². The third-order valence-corrected chi connectivity index (χ3v) is 13.3. The molecule has 5 aromatic rings. The van der Waals surface area contributed by atoms with Gasteiger partial charge in [0.1, 0.15) is 17.5 Å². The number of aromatic amines is 2. The van der Waals surface area contributed by atoms with Crippen LogP contribution in [0.3, 0.4) is 0 Å². The second-order valence-electron chi connectivity index (χ2n) is 14.9. The molecule has 3 aliphatic carbocycles. The Hall–Kier alpha value is -3.83. The fourth-order valence-electron chi connectivity index (χ4n) is 9.16. The van der Waals surface area contributed by atoms with Gasteiger partial charge in [0.25, 0.3) is 0 Å². The van der Waals surface area contributed by atoms with Gasteiger partial charge in [-0.05, 0) is 85.9 Å². The summed E-state index contributed by atoms with van der Waals surface area (Å²) in [5.41, 5.74) is 5.68. The first kappa shape index (κ1) is 28.1. The summed E-state index contributed by atoms with van der Waals surface area (Å²) in [5.74, 6) is 3.57. The van der Waals surface area contributed by atoms with Crippen LogP contribution in [-0.2, 0) is 11.2 Å². The van der Waals surface area contributed by atoms with Crippen LogP contribution in [0.15, 0.2) is 66.8 Å². The number of piperidine rings is 2. The third-order valence-electron chi connectivity index (χ3n) is 12.1. The molecule has 0 amide bonds. The van der Waals surface area contributed by atoms with Crippen molar-refractivity contribution in [2.24, 2.45) is 17.8 Å². The zero-order valence-corrected chi connectivity index (χ0v) is 27.7. The summed E-state index contributed by atoms with van der Waals surface area (Å²) in [7, 11) is 0. The van der Waals surface area contributed by atoms with Gasteiger partial charge in [-0.15, -0.1) is 11.3 Å². The summed E-state index contributed by atoms with van der Waals surface area (Å²) < 4.78 is 25.6. The molecule has 0 spiro atoms. The van der Waals surface area contributed by atoms with Gasteiger partial charge in [0.15, 0.2) is 6.23 Å². The summed E-state index contributed by atoms with van der Waals surface area (Å²) in [5, 5.41) is 8.48. The molecule has 8 nitrogen and oxygen atoms in total. The van der Waals surface area contributed by atoms with E-state index < -0.39 is 12.0 Å². The molecule has 4 aromatic heterocycles. The number of rotatable bonds is 6. The monoisotopic (exact) mass is 659 g/mol. The first-order valence-electron chi connectivity index (χ1n) is 17.6. The average molecular weight is 660 g/mol. The zero-order chi connectivity index (χ0) is 31.8. The van der Waals surface area contributed by atoms with Crippen LogP contribution >= 0.6 is 11.3 Å². The van der Waals surface area contributed by atoms with Crippen molar-refractivity contribution in [3.05, 3.63) is 99.6 Å². The third kappa shape index (κ3) is 4.22. The molecule has 48 heavy (non-hydrogen) atoms. The van der Waals surface area contributed by atoms with E-state index in [1.807, 2.05) is 12.4 Å². The fourth-order valence-corrected chi connectivity index (χ4v) is 10.1. The molecule has 244 valence electrons. The number of halogens is 1. The first-order valence-corrected chi connectivity index (χ1v) is 18.4. The average Bonchev–Trinajstić information content (AvgIpc) is 3.71. The number of imidazole rings is 2. The van der Waals surface area contributed by atoms with Crippen LogP contribution in [0.2, 0.25) is 0 Å². The van der Waals surface area contributed by atoms with Crippen molar-refractivity contribution in [3.63, 3.8) is 0 Å². The number of H-pyrrole nitrogens is 2. The Bertz CT molecular complexity index is 2150. The highest BCUT2D eigenvalue weighted by Gasteiger charge is 2.54. The molecular formula is C38H38FN7OS. The number of nitrogens with zero attached hydrogens (tertiary/aromatic N) is 3. The van der Waals surface area contributed by atoms with Crippen molar-refractivity contribution in [2.75, 3.05) is 0 Å². The highest BCUT2D eigenvalue weighted by atomic mass is 32.1. The minimum atomic E-state index is -0.529. The van der Waals surface area contributed by atoms with E-state index in [2.05, 4.69) is 81.5 Å². The zero-order valence-electron chi connectivity index (χ0n) is 26.9. The van der Waals surface area contributed by atoms with Gasteiger partial charge in [0, 0.05) is 39.2 Å². The Labute approximate surface area is 281 Å². The van der Waals surface area contributed by atoms with Crippen LogP contribution < -0.4 is 10.6 Å². The number of aryl methyl sites for hydroxylation is 1. The van der Waals surface area contributed by atoms with E-state index in [-0.39, 0.29) is 18.1 Å². The van der Waals surface area contributed by atoms with Crippen LogP contribution in [0.5, 0.6) is 0 Å². The van der Waals surface area contributed by atoms with Gasteiger partial charge in [0.2, 0.25) is 0 Å². The van der Waals surface area contributed by atoms with Gasteiger partial charge in [-0.2, -0.15) is 0 Å². The number of aromatic nitrogens is 5. The summed E-state index contributed by atoms with van der Waals surface area (Å²) >= 11 is 1.77. The quantitative estimate of drug-likeness (QED) is 0.152. The van der Waals surface area contributed by atoms with E-state index in [9.17, 15) is 0 Å². The molecule has 3 aliphatic heterocycles. The summed E-state index contributed by atoms with van der Waals surface area (Å²) in [6, 6.07) is 14.9. The second-order valence-corrected chi connectivity index (χ2v) is 16.1. The molecule has 0 radical (unpaired) electrons. The molecule has 11 rings (SSSR count). The van der Waals surface area contributed by atoms with Crippen molar-refractivity contribution >= 4 is 27.8 Å². The van der Waals surface area contributed by atoms with Crippen LogP contribution in [-0.4, -0.2) is 42.7 Å². The maximum Gasteiger partial charge on any atom is 0.170 e. The van der Waals surface area contributed by atoms with Gasteiger partial charge in [-0.25, -0.2) is 14.4 Å². The Morgan fingerprint density at radius 1 is 0.979 bits per heavy atom. The standard InChI is InChI=1S/C38H38FN7OS/c1-3-22-5-7-33(48-22)38-46-30-6-4-18(28-15-40-37(44-28)27-14-23-17(2)35(23)43-27)8-21(30)12-31(46)34-24(39)9-19(13-32(34)47-38)29-16-41-36(45-29)26-11-20-10-25(20)42-26/h4-9,12-13,15-17,20,23,25-27,32,34-35,38,42-43H,3,10-11,14H2,1-2H3,(H,40,44)(H,41,45). The van der Waals surface area contributed by atoms with E-state index >= 15 is 4.39 Å². The molecule has 10 unspecified atom stereocenters. The predicted molar refractivity (Wildman–Crippen MR) is 184 cm³/mol. The van der Waals surface area contributed by atoms with Gasteiger partial charge in [-0.3, -0.25) is 0 Å². The molecule has 0 bridgehead atoms. The Kier molecular flexibility index (Phi) is 5.90. The summed E-state index contributed by atoms with van der Waals surface area (Å²) in [6.45, 7) is 4.50. The molecule has 10 atom stereocenters. The van der Waals surface area contributed by atoms with Crippen molar-refractivity contribution < 1.29 is 9.13 Å². The topological polar surface area (TPSA) is 95.6 Å². The molecule has 2 saturated heterocycles. The minimum absolute atomic E-state index is 0.188. The van der Waals surface area contributed by atoms with Crippen LogP contribution in [0.1, 0.15) is 90.1 Å². The number of hydrogen-bond acceptors (Lipinski definition) is 6. The number of benzene rings is 1. The molecule has 1 aromatic carbocycles. The lowest BCUT2D eigenvalue weighted by Gasteiger charge is -2.38. The highest BCUT2D eigenvalue weighted by Crippen LogP contribution is 2.52. The van der Waals surface area contributed by atoms with Gasteiger partial charge < -0.3 is 29.9 Å². The van der Waals surface area contributed by atoms with E-state index in [1.54, 1.807) is 17.4 Å². The lowest BCUT2D eigenvalue weighted by Crippen LogP contribution is -2.35. The normalized spacial score (nSPS) is 34.4. The smallest absolute Gasteiger partial charge is 0.170 e. The van der Waals surface area contributed by atoms with Crippen molar-refractivity contribution in [3.8, 4) is 11.3 Å². The van der Waals surface area contributed by atoms with Crippen LogP contribution in [0, 0.1) is 17.8 Å². The Morgan fingerprint density at radius 2 is 1.81 bits per heavy atom. The van der Waals surface area contributed by atoms with E-state index in [0.717, 1.165) is 92.7 Å². The number of nitrogens with one attached hydrogen (secondary N) is 4. The van der Waals surface area contributed by atoms with Crippen LogP contribution in [0.4, 0.5) is 4.39 Å². The van der Waals surface area contributed by atoms with E-state index in [0.29, 0.717) is 18.1 Å². The molecule has 2 saturated carbocycles. The minimum Gasteiger partial charge on any atom is -0.344 e. The lowest BCUT2D eigenvalue weighted by molar-refractivity contribution is -0.0357. The molecule has 6 aliphatic rings. The summed E-state index contributed by atoms with van der Waals surface area (Å²) in [4.78, 5) is 19.0. The van der Waals surface area contributed by atoms with Gasteiger partial charge >= 0.3 is 0 Å². The highest BCUT2D eigenvalue weighted by molar-refractivity contribution is 7.12. The van der Waals surface area contributed by atoms with Gasteiger partial charge in [-0.1, -0.05) is 19.9 Å². The van der Waals surface area contributed by atoms with E-state index in [1.165, 1.54) is 11.3 Å². The van der Waals surface area contributed by atoms with Crippen molar-refractivity contribution in [2.45, 2.75) is 81.9 Å². The Balaban J connectivity index is 0.955. The van der Waals surface area contributed by atoms with Gasteiger partial charge in [0.05, 0.1) is 58.3 Å². The number of fused-ring (bicyclic) bond motifs is 7. The maximum absolute atomic E-state index is 16.4. The predicted octanol–water partition coefficient (Wildman–Crippen LogP) is 7.45. The molecular weight excluding hydrogens is 622 g/mol. The molecule has 10 heteroatoms. The number of ether oxygens (including phenoxy) is 1. The first-order chi connectivity index (χ1) is 23.5. The maximum atomic E-state index is 16.4. The van der Waals surface area contributed by atoms with Crippen molar-refractivity contribution in [1.82, 2.24) is 35.1 Å². The number of thiophene rings is 1. The summed E-state index contributed by atoms with van der Waals surface area (Å²) in [6.07, 6.45) is 11.2. The number of allylic oxidation sites excluding steroid dienone is 2. The number of hydrogen-bond donors (Lipinski definition) is 4. The second kappa shape index (κ2) is 10.1. The van der Waals surface area contributed by atoms with Crippen molar-refractivity contribution in [1.29, 1.82) is 0 Å².